The molecule has 0 spiro atoms. The molecular formula is C21H23ClN4O2S. The van der Waals surface area contributed by atoms with Crippen LogP contribution < -0.4 is 10.3 Å². The molecule has 0 aliphatic carbocycles. The maximum absolute atomic E-state index is 12.7. The zero-order valence-corrected chi connectivity index (χ0v) is 17.8. The largest absolute Gasteiger partial charge is 0.467 e. The lowest BCUT2D eigenvalue weighted by Crippen LogP contribution is -2.19. The number of ether oxygens (including phenoxy) is 1. The molecule has 2 aromatic heterocycles. The fourth-order valence-electron chi connectivity index (χ4n) is 2.90. The van der Waals surface area contributed by atoms with Gasteiger partial charge < -0.3 is 4.74 Å². The van der Waals surface area contributed by atoms with E-state index in [1.165, 1.54) is 17.8 Å². The van der Waals surface area contributed by atoms with Crippen LogP contribution in [0.25, 0.3) is 17.0 Å². The van der Waals surface area contributed by atoms with Crippen molar-refractivity contribution in [2.75, 3.05) is 5.94 Å². The zero-order chi connectivity index (χ0) is 20.6. The summed E-state index contributed by atoms with van der Waals surface area (Å²) in [4.78, 5) is 21.1. The fourth-order valence-corrected chi connectivity index (χ4v) is 3.47. The second kappa shape index (κ2) is 10.3. The van der Waals surface area contributed by atoms with Gasteiger partial charge in [0, 0.05) is 29.5 Å². The molecule has 0 bridgehead atoms. The number of rotatable bonds is 10. The summed E-state index contributed by atoms with van der Waals surface area (Å²) in [5.41, 5.74) is 1.44. The maximum atomic E-state index is 12.7. The van der Waals surface area contributed by atoms with E-state index in [0.29, 0.717) is 22.6 Å². The number of fused-ring (bicyclic) bond motifs is 1. The van der Waals surface area contributed by atoms with Gasteiger partial charge >= 0.3 is 0 Å². The fraction of sp³-hybridized carbons (Fsp3) is 0.286. The van der Waals surface area contributed by atoms with Crippen molar-refractivity contribution < 1.29 is 4.74 Å². The Hall–Kier alpha value is -2.51. The smallest absolute Gasteiger partial charge is 0.262 e. The summed E-state index contributed by atoms with van der Waals surface area (Å²) in [7, 11) is 0. The van der Waals surface area contributed by atoms with Gasteiger partial charge in [-0.2, -0.15) is 0 Å². The molecule has 8 heteroatoms. The summed E-state index contributed by atoms with van der Waals surface area (Å²) in [5.74, 6) is 1.45. The molecule has 0 atom stereocenters. The van der Waals surface area contributed by atoms with Gasteiger partial charge in [-0.25, -0.2) is 4.98 Å². The summed E-state index contributed by atoms with van der Waals surface area (Å²) in [6.07, 6.45) is 6.52. The molecule has 6 nitrogen and oxygen atoms in total. The van der Waals surface area contributed by atoms with E-state index in [-0.39, 0.29) is 5.56 Å². The van der Waals surface area contributed by atoms with Crippen molar-refractivity contribution in [2.24, 2.45) is 4.99 Å². The normalized spacial score (nSPS) is 11.4. The van der Waals surface area contributed by atoms with Crippen LogP contribution in [-0.4, -0.2) is 26.6 Å². The van der Waals surface area contributed by atoms with E-state index in [4.69, 9.17) is 21.3 Å². The molecule has 0 saturated heterocycles. The van der Waals surface area contributed by atoms with Crippen LogP contribution in [-0.2, 0) is 6.54 Å². The minimum absolute atomic E-state index is 0.178. The lowest BCUT2D eigenvalue weighted by Gasteiger charge is -2.14. The predicted molar refractivity (Wildman–Crippen MR) is 121 cm³/mol. The number of aryl methyl sites for hydroxylation is 1. The molecule has 0 radical (unpaired) electrons. The van der Waals surface area contributed by atoms with Crippen molar-refractivity contribution in [1.29, 1.82) is 0 Å². The molecule has 1 aromatic carbocycles. The van der Waals surface area contributed by atoms with E-state index in [1.54, 1.807) is 22.2 Å². The van der Waals surface area contributed by atoms with Gasteiger partial charge in [0.15, 0.2) is 0 Å². The molecule has 2 heterocycles. The topological polar surface area (TPSA) is 60.9 Å². The van der Waals surface area contributed by atoms with Crippen molar-refractivity contribution in [3.05, 3.63) is 63.5 Å². The highest BCUT2D eigenvalue weighted by molar-refractivity contribution is 8.02. The zero-order valence-electron chi connectivity index (χ0n) is 16.3. The number of halogens is 1. The lowest BCUT2D eigenvalue weighted by atomic mass is 10.2. The Bertz CT molecular complexity index is 1060. The average molecular weight is 431 g/mol. The second-order valence-corrected chi connectivity index (χ2v) is 7.66. The first-order valence-electron chi connectivity index (χ1n) is 9.38. The van der Waals surface area contributed by atoms with Crippen LogP contribution in [0.3, 0.4) is 0 Å². The quantitative estimate of drug-likeness (QED) is 0.250. The van der Waals surface area contributed by atoms with Crippen molar-refractivity contribution in [3.8, 4) is 17.1 Å². The number of aliphatic imine (C=N–C) groups is 1. The number of unbranched alkanes of at least 4 members (excludes halogenated alkanes) is 2. The highest BCUT2D eigenvalue weighted by Crippen LogP contribution is 2.23. The number of hydrogen-bond donors (Lipinski definition) is 0. The Morgan fingerprint density at radius 1 is 1.31 bits per heavy atom. The first-order chi connectivity index (χ1) is 14.1. The Balaban J connectivity index is 1.99. The van der Waals surface area contributed by atoms with Crippen LogP contribution in [0.15, 0.2) is 57.9 Å². The third-order valence-electron chi connectivity index (χ3n) is 4.34. The molecule has 0 aliphatic rings. The van der Waals surface area contributed by atoms with Gasteiger partial charge in [-0.15, -0.1) is 0 Å². The van der Waals surface area contributed by atoms with Crippen LogP contribution in [0.4, 0.5) is 0 Å². The molecule has 29 heavy (non-hydrogen) atoms. The third-order valence-corrected chi connectivity index (χ3v) is 5.16. The molecule has 3 aromatic rings. The minimum atomic E-state index is -0.178. The number of imidazole rings is 1. The standard InChI is InChI=1S/C21H23ClN4O2S/c1-3-4-5-11-25-20(28-15-29-12-10-23-2)13-19(27)26-14-18(24-21(25)26)16-6-8-17(22)9-7-16/h6-10,12-14H,2-5,11,15H2,1H3/b12-10-. The predicted octanol–water partition coefficient (Wildman–Crippen LogP) is 5.25. The highest BCUT2D eigenvalue weighted by Gasteiger charge is 2.14. The van der Waals surface area contributed by atoms with Gasteiger partial charge in [-0.05, 0) is 30.7 Å². The second-order valence-electron chi connectivity index (χ2n) is 6.38. The van der Waals surface area contributed by atoms with Crippen LogP contribution in [0.2, 0.25) is 5.02 Å². The van der Waals surface area contributed by atoms with E-state index in [9.17, 15) is 4.79 Å². The Labute approximate surface area is 178 Å². The first-order valence-corrected chi connectivity index (χ1v) is 10.8. The van der Waals surface area contributed by atoms with Crippen molar-refractivity contribution in [2.45, 2.75) is 32.7 Å². The number of nitrogens with zero attached hydrogens (tertiary/aromatic N) is 4. The third kappa shape index (κ3) is 5.31. The SMILES string of the molecule is C=N/C=C\SCOc1cc(=O)n2cc(-c3ccc(Cl)cc3)nc2n1CCCCC. The van der Waals surface area contributed by atoms with E-state index >= 15 is 0 Å². The molecule has 3 rings (SSSR count). The van der Waals surface area contributed by atoms with Gasteiger partial charge in [0.2, 0.25) is 11.7 Å². The molecule has 0 saturated carbocycles. The average Bonchev–Trinajstić information content (AvgIpc) is 3.16. The number of thioether (sulfide) groups is 1. The number of hydrogen-bond acceptors (Lipinski definition) is 5. The molecule has 0 amide bonds. The van der Waals surface area contributed by atoms with Gasteiger partial charge in [0.05, 0.1) is 11.8 Å². The van der Waals surface area contributed by atoms with E-state index in [1.807, 2.05) is 28.8 Å². The molecule has 0 N–H and O–H groups in total. The molecule has 0 unspecified atom stereocenters. The van der Waals surface area contributed by atoms with Gasteiger partial charge in [-0.3, -0.25) is 18.8 Å². The van der Waals surface area contributed by atoms with Gasteiger partial charge in [-0.1, -0.05) is 55.3 Å². The van der Waals surface area contributed by atoms with Gasteiger partial charge in [0.25, 0.3) is 5.56 Å². The van der Waals surface area contributed by atoms with E-state index < -0.39 is 0 Å². The minimum Gasteiger partial charge on any atom is -0.467 e. The Kier molecular flexibility index (Phi) is 7.55. The van der Waals surface area contributed by atoms with Crippen LogP contribution >= 0.6 is 23.4 Å². The maximum Gasteiger partial charge on any atom is 0.262 e. The van der Waals surface area contributed by atoms with Crippen LogP contribution in [0.5, 0.6) is 5.88 Å². The summed E-state index contributed by atoms with van der Waals surface area (Å²) < 4.78 is 9.41. The van der Waals surface area contributed by atoms with E-state index in [2.05, 4.69) is 18.6 Å². The molecule has 0 fully saturated rings. The lowest BCUT2D eigenvalue weighted by molar-refractivity contribution is 0.348. The summed E-state index contributed by atoms with van der Waals surface area (Å²) in [6, 6.07) is 8.92. The molecule has 152 valence electrons. The van der Waals surface area contributed by atoms with Crippen molar-refractivity contribution in [1.82, 2.24) is 14.0 Å². The number of benzene rings is 1. The molecule has 0 aliphatic heterocycles. The number of aromatic nitrogens is 3. The highest BCUT2D eigenvalue weighted by atomic mass is 35.5. The first kappa shape index (κ1) is 21.2. The van der Waals surface area contributed by atoms with Crippen LogP contribution in [0, 0.1) is 0 Å². The van der Waals surface area contributed by atoms with Gasteiger partial charge in [0.1, 0.15) is 5.94 Å². The molecular weight excluding hydrogens is 408 g/mol. The summed E-state index contributed by atoms with van der Waals surface area (Å²) in [5, 5.41) is 2.45. The van der Waals surface area contributed by atoms with Crippen molar-refractivity contribution in [3.63, 3.8) is 0 Å². The summed E-state index contributed by atoms with van der Waals surface area (Å²) >= 11 is 7.42. The van der Waals surface area contributed by atoms with Crippen LogP contribution in [0.1, 0.15) is 26.2 Å². The van der Waals surface area contributed by atoms with Crippen molar-refractivity contribution >= 4 is 35.9 Å². The van der Waals surface area contributed by atoms with E-state index in [0.717, 1.165) is 37.1 Å². The summed E-state index contributed by atoms with van der Waals surface area (Å²) in [6.45, 7) is 6.27. The monoisotopic (exact) mass is 430 g/mol. The Morgan fingerprint density at radius 2 is 2.10 bits per heavy atom. The Morgan fingerprint density at radius 3 is 2.83 bits per heavy atom.